The first-order valence-electron chi connectivity index (χ1n) is 11.0. The molecule has 0 saturated carbocycles. The minimum atomic E-state index is -0.534. The third kappa shape index (κ3) is 6.68. The zero-order chi connectivity index (χ0) is 24.0. The van der Waals surface area contributed by atoms with Gasteiger partial charge in [-0.2, -0.15) is 0 Å². The van der Waals surface area contributed by atoms with Crippen LogP contribution in [-0.2, 0) is 17.9 Å². The topological polar surface area (TPSA) is 49.9 Å². The van der Waals surface area contributed by atoms with Gasteiger partial charge < -0.3 is 14.5 Å². The Morgan fingerprint density at radius 1 is 0.939 bits per heavy atom. The first-order valence-corrected chi connectivity index (χ1v) is 11.8. The fraction of sp³-hybridized carbons (Fsp3) is 0.333. The van der Waals surface area contributed by atoms with Crippen molar-refractivity contribution in [2.45, 2.75) is 46.3 Å². The number of carbonyl (C=O) groups excluding carboxylic acids is 2. The van der Waals surface area contributed by atoms with Gasteiger partial charge in [0.25, 0.3) is 5.91 Å². The van der Waals surface area contributed by atoms with E-state index in [1.165, 1.54) is 4.88 Å². The number of nitrogens with zero attached hydrogens (tertiary/aromatic N) is 2. The van der Waals surface area contributed by atoms with Crippen LogP contribution in [0.15, 0.2) is 66.7 Å². The van der Waals surface area contributed by atoms with E-state index in [0.717, 1.165) is 10.4 Å². The van der Waals surface area contributed by atoms with Gasteiger partial charge in [-0.15, -0.1) is 11.3 Å². The number of benzene rings is 2. The van der Waals surface area contributed by atoms with Gasteiger partial charge in [-0.25, -0.2) is 0 Å². The molecule has 6 heteroatoms. The van der Waals surface area contributed by atoms with E-state index < -0.39 is 5.54 Å². The van der Waals surface area contributed by atoms with E-state index in [0.29, 0.717) is 24.4 Å². The van der Waals surface area contributed by atoms with E-state index in [1.54, 1.807) is 47.6 Å². The predicted molar refractivity (Wildman–Crippen MR) is 134 cm³/mol. The van der Waals surface area contributed by atoms with Gasteiger partial charge in [0.1, 0.15) is 12.3 Å². The molecule has 5 nitrogen and oxygen atoms in total. The molecule has 3 aromatic rings. The maximum atomic E-state index is 13.6. The van der Waals surface area contributed by atoms with Gasteiger partial charge in [-0.3, -0.25) is 9.59 Å². The standard InChI is InChI=1S/C27H32N2O3S/c1-20-14-15-24(33-20)18-28(17-21-10-7-6-8-11-21)25(30)19-29(27(2,3)4)26(31)22-12-9-13-23(16-22)32-5/h6-16H,17-19H2,1-5H3. The van der Waals surface area contributed by atoms with Crippen LogP contribution in [0, 0.1) is 6.92 Å². The number of hydrogen-bond donors (Lipinski definition) is 0. The van der Waals surface area contributed by atoms with Crippen molar-refractivity contribution in [1.29, 1.82) is 0 Å². The van der Waals surface area contributed by atoms with E-state index in [2.05, 4.69) is 19.1 Å². The molecule has 0 bridgehead atoms. The Hall–Kier alpha value is -3.12. The Labute approximate surface area is 200 Å². The Morgan fingerprint density at radius 2 is 1.67 bits per heavy atom. The number of thiophene rings is 1. The van der Waals surface area contributed by atoms with E-state index in [-0.39, 0.29) is 18.4 Å². The monoisotopic (exact) mass is 464 g/mol. The van der Waals surface area contributed by atoms with Crippen LogP contribution >= 0.6 is 11.3 Å². The fourth-order valence-electron chi connectivity index (χ4n) is 3.56. The van der Waals surface area contributed by atoms with Crippen LogP contribution in [0.2, 0.25) is 0 Å². The average molecular weight is 465 g/mol. The quantitative estimate of drug-likeness (QED) is 0.440. The predicted octanol–water partition coefficient (Wildman–Crippen LogP) is 5.53. The molecule has 0 radical (unpaired) electrons. The van der Waals surface area contributed by atoms with Crippen molar-refractivity contribution < 1.29 is 14.3 Å². The van der Waals surface area contributed by atoms with Crippen molar-refractivity contribution in [2.75, 3.05) is 13.7 Å². The molecule has 2 aromatic carbocycles. The highest BCUT2D eigenvalue weighted by Crippen LogP contribution is 2.23. The highest BCUT2D eigenvalue weighted by atomic mass is 32.1. The smallest absolute Gasteiger partial charge is 0.254 e. The summed E-state index contributed by atoms with van der Waals surface area (Å²) in [4.78, 5) is 32.8. The largest absolute Gasteiger partial charge is 0.497 e. The molecule has 0 saturated heterocycles. The molecule has 1 heterocycles. The molecular weight excluding hydrogens is 432 g/mol. The minimum absolute atomic E-state index is 0.00324. The second kappa shape index (κ2) is 10.7. The lowest BCUT2D eigenvalue weighted by molar-refractivity contribution is -0.134. The number of aryl methyl sites for hydroxylation is 1. The maximum absolute atomic E-state index is 13.6. The zero-order valence-electron chi connectivity index (χ0n) is 20.0. The molecule has 2 amide bonds. The molecule has 1 aromatic heterocycles. The van der Waals surface area contributed by atoms with Gasteiger partial charge in [-0.05, 0) is 63.6 Å². The minimum Gasteiger partial charge on any atom is -0.497 e. The van der Waals surface area contributed by atoms with Crippen LogP contribution in [0.3, 0.4) is 0 Å². The number of ether oxygens (including phenoxy) is 1. The third-order valence-corrected chi connectivity index (χ3v) is 6.36. The van der Waals surface area contributed by atoms with Crippen molar-refractivity contribution >= 4 is 23.2 Å². The van der Waals surface area contributed by atoms with E-state index in [4.69, 9.17) is 4.74 Å². The summed E-state index contributed by atoms with van der Waals surface area (Å²) < 4.78 is 5.28. The first-order chi connectivity index (χ1) is 15.7. The van der Waals surface area contributed by atoms with Gasteiger partial charge in [0.15, 0.2) is 0 Å². The number of carbonyl (C=O) groups is 2. The third-order valence-electron chi connectivity index (χ3n) is 5.38. The van der Waals surface area contributed by atoms with Crippen molar-refractivity contribution in [3.05, 3.63) is 87.6 Å². The number of amides is 2. The van der Waals surface area contributed by atoms with Gasteiger partial charge in [0.05, 0.1) is 13.7 Å². The number of hydrogen-bond acceptors (Lipinski definition) is 4. The Bertz CT molecular complexity index is 1090. The number of rotatable bonds is 8. The normalized spacial score (nSPS) is 11.2. The molecule has 0 unspecified atom stereocenters. The SMILES string of the molecule is COc1cccc(C(=O)N(CC(=O)N(Cc2ccccc2)Cc2ccc(C)s2)C(C)(C)C)c1. The van der Waals surface area contributed by atoms with E-state index in [1.807, 2.05) is 56.0 Å². The van der Waals surface area contributed by atoms with Gasteiger partial charge >= 0.3 is 0 Å². The summed E-state index contributed by atoms with van der Waals surface area (Å²) in [6.07, 6.45) is 0. The molecule has 0 spiro atoms. The first kappa shape index (κ1) is 24.5. The summed E-state index contributed by atoms with van der Waals surface area (Å²) in [7, 11) is 1.57. The van der Waals surface area contributed by atoms with Crippen molar-refractivity contribution in [1.82, 2.24) is 9.80 Å². The molecule has 33 heavy (non-hydrogen) atoms. The summed E-state index contributed by atoms with van der Waals surface area (Å²) in [6, 6.07) is 21.1. The van der Waals surface area contributed by atoms with Gasteiger partial charge in [-0.1, -0.05) is 36.4 Å². The van der Waals surface area contributed by atoms with Crippen molar-refractivity contribution in [2.24, 2.45) is 0 Å². The van der Waals surface area contributed by atoms with Crippen LogP contribution in [-0.4, -0.2) is 40.8 Å². The Balaban J connectivity index is 1.86. The lowest BCUT2D eigenvalue weighted by Gasteiger charge is -2.37. The lowest BCUT2D eigenvalue weighted by atomic mass is 10.0. The van der Waals surface area contributed by atoms with Crippen LogP contribution in [0.1, 0.15) is 46.4 Å². The maximum Gasteiger partial charge on any atom is 0.254 e. The molecule has 0 N–H and O–H groups in total. The molecule has 174 valence electrons. The highest BCUT2D eigenvalue weighted by Gasteiger charge is 2.31. The van der Waals surface area contributed by atoms with Crippen molar-refractivity contribution in [3.8, 4) is 5.75 Å². The molecule has 0 fully saturated rings. The van der Waals surface area contributed by atoms with Crippen molar-refractivity contribution in [3.63, 3.8) is 0 Å². The molecule has 0 atom stereocenters. The highest BCUT2D eigenvalue weighted by molar-refractivity contribution is 7.11. The fourth-order valence-corrected chi connectivity index (χ4v) is 4.46. The van der Waals surface area contributed by atoms with Gasteiger partial charge in [0, 0.05) is 27.4 Å². The van der Waals surface area contributed by atoms with E-state index in [9.17, 15) is 9.59 Å². The molecular formula is C27H32N2O3S. The molecule has 0 aliphatic rings. The summed E-state index contributed by atoms with van der Waals surface area (Å²) in [5.74, 6) is 0.331. The summed E-state index contributed by atoms with van der Waals surface area (Å²) in [6.45, 7) is 8.90. The van der Waals surface area contributed by atoms with Crippen LogP contribution in [0.25, 0.3) is 0 Å². The second-order valence-corrected chi connectivity index (χ2v) is 10.4. The van der Waals surface area contributed by atoms with E-state index >= 15 is 0 Å². The Morgan fingerprint density at radius 3 is 2.27 bits per heavy atom. The lowest BCUT2D eigenvalue weighted by Crippen LogP contribution is -2.51. The molecule has 0 aliphatic heterocycles. The van der Waals surface area contributed by atoms with Crippen LogP contribution in [0.4, 0.5) is 0 Å². The van der Waals surface area contributed by atoms with Crippen LogP contribution < -0.4 is 4.74 Å². The second-order valence-electron chi connectivity index (χ2n) is 9.04. The molecule has 3 rings (SSSR count). The van der Waals surface area contributed by atoms with Gasteiger partial charge in [0.2, 0.25) is 5.91 Å². The summed E-state index contributed by atoms with van der Waals surface area (Å²) in [5, 5.41) is 0. The zero-order valence-corrected chi connectivity index (χ0v) is 20.8. The van der Waals surface area contributed by atoms with Crippen LogP contribution in [0.5, 0.6) is 5.75 Å². The number of methoxy groups -OCH3 is 1. The molecule has 0 aliphatic carbocycles. The summed E-state index contributed by atoms with van der Waals surface area (Å²) in [5.41, 5.74) is 1.02. The Kier molecular flexibility index (Phi) is 7.92. The summed E-state index contributed by atoms with van der Waals surface area (Å²) >= 11 is 1.69. The average Bonchev–Trinajstić information content (AvgIpc) is 3.21.